The molecule has 1 atom stereocenters. The molecule has 1 unspecified atom stereocenters. The molecule has 0 aromatic carbocycles. The number of ether oxygens (including phenoxy) is 1. The third-order valence-electron chi connectivity index (χ3n) is 6.92. The van der Waals surface area contributed by atoms with Gasteiger partial charge in [-0.25, -0.2) is 0 Å². The Balaban J connectivity index is 1.17. The SMILES string of the molecule is Cc1ccc(C(=O)N2CCC3(CC2)CC(Cc2noc(C4CCC4)n2)CCO3)s1. The highest BCUT2D eigenvalue weighted by molar-refractivity contribution is 7.13. The molecule has 0 radical (unpaired) electrons. The Morgan fingerprint density at radius 2 is 2.10 bits per heavy atom. The summed E-state index contributed by atoms with van der Waals surface area (Å²) in [7, 11) is 0. The van der Waals surface area contributed by atoms with Gasteiger partial charge in [-0.15, -0.1) is 11.3 Å². The van der Waals surface area contributed by atoms with Crippen LogP contribution in [0.25, 0.3) is 0 Å². The van der Waals surface area contributed by atoms with Crippen LogP contribution in [-0.2, 0) is 11.2 Å². The number of hydrogen-bond donors (Lipinski definition) is 0. The molecule has 6 nitrogen and oxygen atoms in total. The summed E-state index contributed by atoms with van der Waals surface area (Å²) in [5, 5.41) is 4.24. The summed E-state index contributed by atoms with van der Waals surface area (Å²) in [5.74, 6) is 2.88. The quantitative estimate of drug-likeness (QED) is 0.742. The number of piperidine rings is 1. The molecule has 4 heterocycles. The number of thiophene rings is 1. The second-order valence-electron chi connectivity index (χ2n) is 8.97. The zero-order valence-corrected chi connectivity index (χ0v) is 17.9. The van der Waals surface area contributed by atoms with Gasteiger partial charge in [-0.2, -0.15) is 4.98 Å². The third-order valence-corrected chi connectivity index (χ3v) is 7.91. The van der Waals surface area contributed by atoms with Gasteiger partial charge in [0.25, 0.3) is 5.91 Å². The minimum Gasteiger partial charge on any atom is -0.375 e. The fraction of sp³-hybridized carbons (Fsp3) is 0.682. The molecular weight excluding hydrogens is 386 g/mol. The van der Waals surface area contributed by atoms with Crippen molar-refractivity contribution in [3.8, 4) is 0 Å². The first kappa shape index (κ1) is 19.2. The molecule has 1 aliphatic carbocycles. The van der Waals surface area contributed by atoms with Gasteiger partial charge in [-0.1, -0.05) is 11.6 Å². The first-order chi connectivity index (χ1) is 14.1. The van der Waals surface area contributed by atoms with Crippen LogP contribution in [0.1, 0.15) is 77.1 Å². The van der Waals surface area contributed by atoms with E-state index in [9.17, 15) is 4.79 Å². The average Bonchev–Trinajstić information content (AvgIpc) is 3.30. The molecule has 156 valence electrons. The fourth-order valence-corrected chi connectivity index (χ4v) is 5.74. The van der Waals surface area contributed by atoms with E-state index in [1.807, 2.05) is 24.0 Å². The van der Waals surface area contributed by atoms with Gasteiger partial charge in [-0.3, -0.25) is 4.79 Å². The summed E-state index contributed by atoms with van der Waals surface area (Å²) in [6.07, 6.45) is 8.42. The lowest BCUT2D eigenvalue weighted by molar-refractivity contribution is -0.123. The number of carbonyl (C=O) groups is 1. The summed E-state index contributed by atoms with van der Waals surface area (Å²) in [5.41, 5.74) is -0.0917. The number of rotatable bonds is 4. The van der Waals surface area contributed by atoms with Crippen molar-refractivity contribution in [2.45, 2.75) is 69.8 Å². The topological polar surface area (TPSA) is 68.5 Å². The van der Waals surface area contributed by atoms with Crippen molar-refractivity contribution in [3.63, 3.8) is 0 Å². The van der Waals surface area contributed by atoms with Crippen LogP contribution in [0.4, 0.5) is 0 Å². The van der Waals surface area contributed by atoms with E-state index in [1.54, 1.807) is 11.3 Å². The maximum atomic E-state index is 12.7. The van der Waals surface area contributed by atoms with Crippen LogP contribution in [-0.4, -0.2) is 46.2 Å². The Hall–Kier alpha value is -1.73. The average molecular weight is 416 g/mol. The summed E-state index contributed by atoms with van der Waals surface area (Å²) in [4.78, 5) is 21.4. The van der Waals surface area contributed by atoms with E-state index in [4.69, 9.17) is 9.26 Å². The molecule has 5 rings (SSSR count). The molecule has 0 N–H and O–H groups in total. The molecule has 2 aromatic heterocycles. The monoisotopic (exact) mass is 415 g/mol. The zero-order valence-electron chi connectivity index (χ0n) is 17.1. The maximum absolute atomic E-state index is 12.7. The third kappa shape index (κ3) is 3.99. The van der Waals surface area contributed by atoms with Crippen LogP contribution in [0.15, 0.2) is 16.7 Å². The van der Waals surface area contributed by atoms with Crippen molar-refractivity contribution in [3.05, 3.63) is 33.6 Å². The molecule has 1 amide bonds. The Morgan fingerprint density at radius 3 is 2.79 bits per heavy atom. The number of aromatic nitrogens is 2. The number of amides is 1. The molecule has 2 saturated heterocycles. The van der Waals surface area contributed by atoms with Crippen LogP contribution in [0.5, 0.6) is 0 Å². The van der Waals surface area contributed by atoms with Crippen LogP contribution in [0.3, 0.4) is 0 Å². The van der Waals surface area contributed by atoms with Crippen molar-refractivity contribution in [1.29, 1.82) is 0 Å². The minimum atomic E-state index is -0.0917. The number of likely N-dealkylation sites (tertiary alicyclic amines) is 1. The molecular formula is C22H29N3O3S. The van der Waals surface area contributed by atoms with Crippen LogP contribution in [0, 0.1) is 12.8 Å². The second-order valence-corrected chi connectivity index (χ2v) is 10.3. The Labute approximate surface area is 175 Å². The molecule has 0 bridgehead atoms. The highest BCUT2D eigenvalue weighted by Crippen LogP contribution is 2.40. The molecule has 1 spiro atoms. The summed E-state index contributed by atoms with van der Waals surface area (Å²) in [6.45, 7) is 4.38. The number of hydrogen-bond acceptors (Lipinski definition) is 6. The highest BCUT2D eigenvalue weighted by atomic mass is 32.1. The normalized spacial score (nSPS) is 24.6. The van der Waals surface area contributed by atoms with Crippen molar-refractivity contribution >= 4 is 17.2 Å². The highest BCUT2D eigenvalue weighted by Gasteiger charge is 2.41. The van der Waals surface area contributed by atoms with Gasteiger partial charge in [0, 0.05) is 36.9 Å². The van der Waals surface area contributed by atoms with Gasteiger partial charge < -0.3 is 14.2 Å². The smallest absolute Gasteiger partial charge is 0.263 e. The van der Waals surface area contributed by atoms with Gasteiger partial charge in [-0.05, 0) is 63.5 Å². The van der Waals surface area contributed by atoms with Crippen molar-refractivity contribution in [1.82, 2.24) is 15.0 Å². The van der Waals surface area contributed by atoms with Gasteiger partial charge in [0.1, 0.15) is 0 Å². The summed E-state index contributed by atoms with van der Waals surface area (Å²) >= 11 is 1.58. The number of carbonyl (C=O) groups excluding carboxylic acids is 1. The zero-order chi connectivity index (χ0) is 19.8. The lowest BCUT2D eigenvalue weighted by Crippen LogP contribution is -2.51. The molecule has 1 saturated carbocycles. The standard InChI is InChI=1S/C22H29N3O3S/c1-15-5-6-18(29-15)21(26)25-10-8-22(9-11-25)14-16(7-12-27-22)13-19-23-20(28-24-19)17-3-2-4-17/h5-6,16-17H,2-4,7-14H2,1H3. The molecule has 7 heteroatoms. The van der Waals surface area contributed by atoms with E-state index >= 15 is 0 Å². The van der Waals surface area contributed by atoms with Gasteiger partial charge in [0.15, 0.2) is 5.82 Å². The molecule has 3 aliphatic rings. The first-order valence-corrected chi connectivity index (χ1v) is 11.7. The Bertz CT molecular complexity index is 864. The van der Waals surface area contributed by atoms with E-state index in [1.165, 1.54) is 24.1 Å². The summed E-state index contributed by atoms with van der Waals surface area (Å²) < 4.78 is 11.8. The molecule has 2 aromatic rings. The van der Waals surface area contributed by atoms with E-state index in [2.05, 4.69) is 10.1 Å². The minimum absolute atomic E-state index is 0.0917. The fourth-order valence-electron chi connectivity index (χ4n) is 4.90. The maximum Gasteiger partial charge on any atom is 0.263 e. The Kier molecular flexibility index (Phi) is 5.20. The lowest BCUT2D eigenvalue weighted by atomic mass is 9.78. The lowest BCUT2D eigenvalue weighted by Gasteiger charge is -2.46. The predicted molar refractivity (Wildman–Crippen MR) is 110 cm³/mol. The largest absolute Gasteiger partial charge is 0.375 e. The summed E-state index contributed by atoms with van der Waals surface area (Å²) in [6, 6.07) is 3.97. The van der Waals surface area contributed by atoms with E-state index in [0.717, 1.165) is 68.4 Å². The van der Waals surface area contributed by atoms with Crippen molar-refractivity contribution in [2.75, 3.05) is 19.7 Å². The second kappa shape index (κ2) is 7.84. The van der Waals surface area contributed by atoms with E-state index in [0.29, 0.717) is 11.8 Å². The van der Waals surface area contributed by atoms with Crippen LogP contribution < -0.4 is 0 Å². The first-order valence-electron chi connectivity index (χ1n) is 10.9. The molecule has 2 aliphatic heterocycles. The van der Waals surface area contributed by atoms with Gasteiger partial charge in [0.05, 0.1) is 10.5 Å². The van der Waals surface area contributed by atoms with Gasteiger partial charge in [0.2, 0.25) is 5.89 Å². The van der Waals surface area contributed by atoms with Gasteiger partial charge >= 0.3 is 0 Å². The van der Waals surface area contributed by atoms with Crippen molar-refractivity contribution in [2.24, 2.45) is 5.92 Å². The number of nitrogens with zero attached hydrogens (tertiary/aromatic N) is 3. The van der Waals surface area contributed by atoms with Crippen molar-refractivity contribution < 1.29 is 14.1 Å². The molecule has 29 heavy (non-hydrogen) atoms. The van der Waals surface area contributed by atoms with E-state index < -0.39 is 0 Å². The Morgan fingerprint density at radius 1 is 1.28 bits per heavy atom. The molecule has 3 fully saturated rings. The predicted octanol–water partition coefficient (Wildman–Crippen LogP) is 4.35. The van der Waals surface area contributed by atoms with Crippen LogP contribution >= 0.6 is 11.3 Å². The number of aryl methyl sites for hydroxylation is 1. The van der Waals surface area contributed by atoms with E-state index in [-0.39, 0.29) is 11.5 Å². The van der Waals surface area contributed by atoms with Crippen LogP contribution in [0.2, 0.25) is 0 Å².